The fourth-order valence-corrected chi connectivity index (χ4v) is 3.65. The molecule has 1 heterocycles. The van der Waals surface area contributed by atoms with Crippen LogP contribution in [0.15, 0.2) is 42.5 Å². The maximum absolute atomic E-state index is 13.2. The SMILES string of the molecule is COc1ccc(CN(C(=O)C2COc3ccc(Cl)cc3C2)C2CC2)cc1. The first-order chi connectivity index (χ1) is 12.6. The van der Waals surface area contributed by atoms with Gasteiger partial charge < -0.3 is 14.4 Å². The second-order valence-electron chi connectivity index (χ2n) is 7.01. The van der Waals surface area contributed by atoms with E-state index in [1.807, 2.05) is 47.4 Å². The number of benzene rings is 2. The maximum atomic E-state index is 13.2. The summed E-state index contributed by atoms with van der Waals surface area (Å²) >= 11 is 6.10. The molecule has 2 aromatic carbocycles. The smallest absolute Gasteiger partial charge is 0.230 e. The van der Waals surface area contributed by atoms with Gasteiger partial charge in [0.15, 0.2) is 0 Å². The topological polar surface area (TPSA) is 38.8 Å². The van der Waals surface area contributed by atoms with E-state index in [1.165, 1.54) is 0 Å². The summed E-state index contributed by atoms with van der Waals surface area (Å²) in [5.74, 6) is 1.69. The lowest BCUT2D eigenvalue weighted by Crippen LogP contribution is -2.41. The second-order valence-corrected chi connectivity index (χ2v) is 7.45. The zero-order valence-electron chi connectivity index (χ0n) is 14.8. The average Bonchev–Trinajstić information content (AvgIpc) is 3.50. The van der Waals surface area contributed by atoms with Crippen LogP contribution in [0.1, 0.15) is 24.0 Å². The Labute approximate surface area is 158 Å². The van der Waals surface area contributed by atoms with Gasteiger partial charge in [-0.1, -0.05) is 23.7 Å². The number of hydrogen-bond acceptors (Lipinski definition) is 3. The summed E-state index contributed by atoms with van der Waals surface area (Å²) in [6.07, 6.45) is 2.84. The van der Waals surface area contributed by atoms with Gasteiger partial charge in [-0.15, -0.1) is 0 Å². The molecule has 1 saturated carbocycles. The number of ether oxygens (including phenoxy) is 2. The van der Waals surface area contributed by atoms with E-state index >= 15 is 0 Å². The number of carbonyl (C=O) groups is 1. The molecule has 0 aromatic heterocycles. The average molecular weight is 372 g/mol. The molecular weight excluding hydrogens is 350 g/mol. The minimum absolute atomic E-state index is 0.153. The molecule has 0 radical (unpaired) electrons. The van der Waals surface area contributed by atoms with E-state index in [1.54, 1.807) is 7.11 Å². The highest BCUT2D eigenvalue weighted by atomic mass is 35.5. The Morgan fingerprint density at radius 1 is 1.23 bits per heavy atom. The van der Waals surface area contributed by atoms with Gasteiger partial charge in [0.2, 0.25) is 5.91 Å². The zero-order valence-corrected chi connectivity index (χ0v) is 15.5. The molecule has 1 atom stereocenters. The molecule has 1 amide bonds. The highest BCUT2D eigenvalue weighted by Gasteiger charge is 2.37. The molecule has 1 aliphatic carbocycles. The van der Waals surface area contributed by atoms with Gasteiger partial charge in [-0.3, -0.25) is 4.79 Å². The van der Waals surface area contributed by atoms with E-state index in [2.05, 4.69) is 0 Å². The lowest BCUT2D eigenvalue weighted by molar-refractivity contribution is -0.138. The van der Waals surface area contributed by atoms with E-state index in [4.69, 9.17) is 21.1 Å². The molecule has 0 spiro atoms. The molecule has 1 aliphatic heterocycles. The van der Waals surface area contributed by atoms with Gasteiger partial charge in [-0.05, 0) is 60.7 Å². The van der Waals surface area contributed by atoms with Crippen molar-refractivity contribution >= 4 is 17.5 Å². The molecule has 4 rings (SSSR count). The van der Waals surface area contributed by atoms with Crippen molar-refractivity contribution in [3.05, 3.63) is 58.6 Å². The van der Waals surface area contributed by atoms with Crippen molar-refractivity contribution in [2.75, 3.05) is 13.7 Å². The molecule has 0 bridgehead atoms. The van der Waals surface area contributed by atoms with Crippen LogP contribution in [0.5, 0.6) is 11.5 Å². The third-order valence-corrected chi connectivity index (χ3v) is 5.30. The number of nitrogens with zero attached hydrogens (tertiary/aromatic N) is 1. The van der Waals surface area contributed by atoms with Crippen LogP contribution in [0.4, 0.5) is 0 Å². The van der Waals surface area contributed by atoms with Gasteiger partial charge in [0.25, 0.3) is 0 Å². The Kier molecular flexibility index (Phi) is 4.77. The van der Waals surface area contributed by atoms with Crippen LogP contribution in [0, 0.1) is 5.92 Å². The minimum atomic E-state index is -0.153. The Morgan fingerprint density at radius 2 is 2.00 bits per heavy atom. The summed E-state index contributed by atoms with van der Waals surface area (Å²) < 4.78 is 11.0. The van der Waals surface area contributed by atoms with Crippen LogP contribution in [-0.4, -0.2) is 30.6 Å². The Hall–Kier alpha value is -2.20. The quantitative estimate of drug-likeness (QED) is 0.794. The van der Waals surface area contributed by atoms with Crippen LogP contribution in [0.3, 0.4) is 0 Å². The second kappa shape index (κ2) is 7.20. The number of carbonyl (C=O) groups excluding carboxylic acids is 1. The van der Waals surface area contributed by atoms with Gasteiger partial charge in [-0.2, -0.15) is 0 Å². The van der Waals surface area contributed by atoms with Gasteiger partial charge >= 0.3 is 0 Å². The highest BCUT2D eigenvalue weighted by molar-refractivity contribution is 6.30. The predicted octanol–water partition coefficient (Wildman–Crippen LogP) is 4.09. The summed E-state index contributed by atoms with van der Waals surface area (Å²) in [6.45, 7) is 1.06. The highest BCUT2D eigenvalue weighted by Crippen LogP contribution is 2.34. The number of halogens is 1. The summed E-state index contributed by atoms with van der Waals surface area (Å²) in [5, 5.41) is 0.678. The van der Waals surface area contributed by atoms with Crippen molar-refractivity contribution in [3.8, 4) is 11.5 Å². The fourth-order valence-electron chi connectivity index (χ4n) is 3.46. The summed E-state index contributed by atoms with van der Waals surface area (Å²) in [6, 6.07) is 13.9. The first-order valence-corrected chi connectivity index (χ1v) is 9.36. The monoisotopic (exact) mass is 371 g/mol. The normalized spacial score (nSPS) is 18.6. The summed E-state index contributed by atoms with van der Waals surface area (Å²) in [7, 11) is 1.65. The lowest BCUT2D eigenvalue weighted by atomic mass is 9.95. The van der Waals surface area contributed by atoms with E-state index in [0.29, 0.717) is 30.6 Å². The zero-order chi connectivity index (χ0) is 18.1. The van der Waals surface area contributed by atoms with Crippen LogP contribution in [0.25, 0.3) is 0 Å². The van der Waals surface area contributed by atoms with Gasteiger partial charge in [0, 0.05) is 17.6 Å². The first kappa shape index (κ1) is 17.2. The molecular formula is C21H22ClNO3. The molecule has 2 aliphatic rings. The third-order valence-electron chi connectivity index (χ3n) is 5.06. The van der Waals surface area contributed by atoms with E-state index in [0.717, 1.165) is 35.5 Å². The number of rotatable bonds is 5. The van der Waals surface area contributed by atoms with Gasteiger partial charge in [0.1, 0.15) is 18.1 Å². The molecule has 0 N–H and O–H groups in total. The predicted molar refractivity (Wildman–Crippen MR) is 101 cm³/mol. The molecule has 1 unspecified atom stereocenters. The van der Waals surface area contributed by atoms with E-state index in [-0.39, 0.29) is 11.8 Å². The lowest BCUT2D eigenvalue weighted by Gasteiger charge is -2.30. The van der Waals surface area contributed by atoms with Crippen LogP contribution < -0.4 is 9.47 Å². The Balaban J connectivity index is 1.49. The van der Waals surface area contributed by atoms with Crippen molar-refractivity contribution in [1.29, 1.82) is 0 Å². The van der Waals surface area contributed by atoms with Crippen LogP contribution in [0.2, 0.25) is 5.02 Å². The van der Waals surface area contributed by atoms with Gasteiger partial charge in [-0.25, -0.2) is 0 Å². The number of methoxy groups -OCH3 is 1. The van der Waals surface area contributed by atoms with Crippen LogP contribution >= 0.6 is 11.6 Å². The molecule has 26 heavy (non-hydrogen) atoms. The van der Waals surface area contributed by atoms with Crippen molar-refractivity contribution in [1.82, 2.24) is 4.90 Å². The number of amides is 1. The minimum Gasteiger partial charge on any atom is -0.497 e. The fraction of sp³-hybridized carbons (Fsp3) is 0.381. The van der Waals surface area contributed by atoms with Crippen molar-refractivity contribution in [2.45, 2.75) is 31.8 Å². The molecule has 5 heteroatoms. The van der Waals surface area contributed by atoms with E-state index in [9.17, 15) is 4.79 Å². The van der Waals surface area contributed by atoms with Gasteiger partial charge in [0.05, 0.1) is 13.0 Å². The van der Waals surface area contributed by atoms with Crippen LogP contribution in [-0.2, 0) is 17.8 Å². The Bertz CT molecular complexity index is 801. The maximum Gasteiger partial charge on any atom is 0.230 e. The molecule has 136 valence electrons. The molecule has 0 saturated heterocycles. The number of fused-ring (bicyclic) bond motifs is 1. The first-order valence-electron chi connectivity index (χ1n) is 8.98. The molecule has 1 fully saturated rings. The van der Waals surface area contributed by atoms with E-state index < -0.39 is 0 Å². The summed E-state index contributed by atoms with van der Waals surface area (Å²) in [4.78, 5) is 15.2. The molecule has 4 nitrogen and oxygen atoms in total. The summed E-state index contributed by atoms with van der Waals surface area (Å²) in [5.41, 5.74) is 2.13. The largest absolute Gasteiger partial charge is 0.497 e. The van der Waals surface area contributed by atoms with Crippen molar-refractivity contribution in [3.63, 3.8) is 0 Å². The third kappa shape index (κ3) is 3.65. The molecule has 2 aromatic rings. The Morgan fingerprint density at radius 3 is 2.69 bits per heavy atom. The van der Waals surface area contributed by atoms with Crippen molar-refractivity contribution in [2.24, 2.45) is 5.92 Å². The number of hydrogen-bond donors (Lipinski definition) is 0. The van der Waals surface area contributed by atoms with Crippen molar-refractivity contribution < 1.29 is 14.3 Å². The standard InChI is InChI=1S/C21H22ClNO3/c1-25-19-7-2-14(3-8-19)12-23(18-5-6-18)21(24)16-10-15-11-17(22)4-9-20(15)26-13-16/h2-4,7-9,11,16,18H,5-6,10,12-13H2,1H3.